The van der Waals surface area contributed by atoms with Crippen LogP contribution in [0.2, 0.25) is 0 Å². The van der Waals surface area contributed by atoms with E-state index in [2.05, 4.69) is 15.9 Å². The highest BCUT2D eigenvalue weighted by Gasteiger charge is 2.35. The highest BCUT2D eigenvalue weighted by atomic mass is 79.9. The van der Waals surface area contributed by atoms with Gasteiger partial charge in [-0.2, -0.15) is 18.4 Å². The van der Waals surface area contributed by atoms with Gasteiger partial charge in [0, 0.05) is 4.47 Å². The summed E-state index contributed by atoms with van der Waals surface area (Å²) >= 11 is 2.83. The maximum absolute atomic E-state index is 12.6. The lowest BCUT2D eigenvalue weighted by Gasteiger charge is -2.13. The molecule has 0 heterocycles. The molecule has 0 spiro atoms. The van der Waals surface area contributed by atoms with E-state index < -0.39 is 29.7 Å². The number of carboxylic acid groups (broad SMARTS) is 1. The lowest BCUT2D eigenvalue weighted by Crippen LogP contribution is -2.13. The van der Waals surface area contributed by atoms with Crippen LogP contribution in [0.4, 0.5) is 13.2 Å². The summed E-state index contributed by atoms with van der Waals surface area (Å²) in [7, 11) is 0. The second-order valence-electron chi connectivity index (χ2n) is 3.13. The van der Waals surface area contributed by atoms with Crippen LogP contribution >= 0.6 is 15.9 Å². The molecule has 1 aromatic rings. The molecule has 90 valence electrons. The Morgan fingerprint density at radius 1 is 1.47 bits per heavy atom. The van der Waals surface area contributed by atoms with Crippen molar-refractivity contribution in [3.05, 3.63) is 33.3 Å². The Hall–Kier alpha value is -1.55. The van der Waals surface area contributed by atoms with Crippen LogP contribution in [0.3, 0.4) is 0 Å². The van der Waals surface area contributed by atoms with E-state index in [1.54, 1.807) is 6.07 Å². The van der Waals surface area contributed by atoms with Crippen LogP contribution in [0.15, 0.2) is 16.6 Å². The maximum Gasteiger partial charge on any atom is 0.416 e. The molecule has 0 bridgehead atoms. The minimum absolute atomic E-state index is 0.0331. The fraction of sp³-hybridized carbons (Fsp3) is 0.200. The second-order valence-corrected chi connectivity index (χ2v) is 3.93. The van der Waals surface area contributed by atoms with E-state index in [0.29, 0.717) is 6.07 Å². The molecule has 17 heavy (non-hydrogen) atoms. The molecule has 0 saturated heterocycles. The van der Waals surface area contributed by atoms with E-state index in [1.807, 2.05) is 0 Å². The van der Waals surface area contributed by atoms with E-state index in [4.69, 9.17) is 10.4 Å². The molecule has 0 atom stereocenters. The number of halogens is 4. The first-order chi connectivity index (χ1) is 7.77. The normalized spacial score (nSPS) is 11.0. The number of rotatable bonds is 2. The van der Waals surface area contributed by atoms with Gasteiger partial charge >= 0.3 is 12.1 Å². The average Bonchev–Trinajstić information content (AvgIpc) is 2.18. The van der Waals surface area contributed by atoms with Crippen molar-refractivity contribution in [1.82, 2.24) is 0 Å². The summed E-state index contributed by atoms with van der Waals surface area (Å²) in [5.74, 6) is -1.40. The first-order valence-corrected chi connectivity index (χ1v) is 5.07. The molecule has 3 nitrogen and oxygen atoms in total. The lowest BCUT2D eigenvalue weighted by molar-refractivity contribution is -0.139. The Bertz CT molecular complexity index is 505. The molecule has 0 radical (unpaired) electrons. The fourth-order valence-electron chi connectivity index (χ4n) is 1.30. The Labute approximate surface area is 103 Å². The third kappa shape index (κ3) is 2.97. The molecule has 1 rings (SSSR count). The fourth-order valence-corrected chi connectivity index (χ4v) is 1.87. The van der Waals surface area contributed by atoms with Crippen LogP contribution < -0.4 is 0 Å². The van der Waals surface area contributed by atoms with Gasteiger partial charge in [-0.1, -0.05) is 0 Å². The van der Waals surface area contributed by atoms with Gasteiger partial charge in [0.2, 0.25) is 0 Å². The lowest BCUT2D eigenvalue weighted by atomic mass is 10.0. The number of nitriles is 1. The minimum Gasteiger partial charge on any atom is -0.481 e. The number of aliphatic carboxylic acids is 1. The second kappa shape index (κ2) is 4.75. The smallest absolute Gasteiger partial charge is 0.416 e. The van der Waals surface area contributed by atoms with Gasteiger partial charge in [0.15, 0.2) is 0 Å². The summed E-state index contributed by atoms with van der Waals surface area (Å²) in [6.45, 7) is 0. The van der Waals surface area contributed by atoms with Gasteiger partial charge in [0.05, 0.1) is 17.5 Å². The van der Waals surface area contributed by atoms with Crippen molar-refractivity contribution in [3.63, 3.8) is 0 Å². The largest absolute Gasteiger partial charge is 0.481 e. The maximum atomic E-state index is 12.6. The molecule has 0 aliphatic heterocycles. The van der Waals surface area contributed by atoms with Crippen LogP contribution in [0, 0.1) is 11.3 Å². The summed E-state index contributed by atoms with van der Waals surface area (Å²) in [6, 6.07) is 3.39. The third-order valence-corrected chi connectivity index (χ3v) is 2.90. The number of alkyl halides is 3. The van der Waals surface area contributed by atoms with Crippen molar-refractivity contribution < 1.29 is 23.1 Å². The zero-order valence-corrected chi connectivity index (χ0v) is 9.76. The summed E-state index contributed by atoms with van der Waals surface area (Å²) in [6.07, 6.45) is -5.45. The molecular formula is C10H5BrF3NO2. The number of carbonyl (C=O) groups is 1. The first kappa shape index (κ1) is 13.5. The zero-order chi connectivity index (χ0) is 13.2. The Kier molecular flexibility index (Phi) is 3.78. The van der Waals surface area contributed by atoms with E-state index in [-0.39, 0.29) is 10.0 Å². The Balaban J connectivity index is 3.48. The van der Waals surface area contributed by atoms with Gasteiger partial charge in [-0.3, -0.25) is 4.79 Å². The summed E-state index contributed by atoms with van der Waals surface area (Å²) < 4.78 is 37.7. The molecule has 1 N–H and O–H groups in total. The predicted octanol–water partition coefficient (Wildman–Crippen LogP) is 2.97. The molecule has 0 unspecified atom stereocenters. The quantitative estimate of drug-likeness (QED) is 0.913. The van der Waals surface area contributed by atoms with Crippen molar-refractivity contribution >= 4 is 21.9 Å². The topological polar surface area (TPSA) is 61.1 Å². The third-order valence-electron chi connectivity index (χ3n) is 2.00. The number of nitrogens with zero attached hydrogens (tertiary/aromatic N) is 1. The van der Waals surface area contributed by atoms with Crippen molar-refractivity contribution in [2.75, 3.05) is 0 Å². The van der Waals surface area contributed by atoms with Gasteiger partial charge in [-0.25, -0.2) is 0 Å². The molecule has 0 amide bonds. The molecule has 0 saturated carbocycles. The summed E-state index contributed by atoms with van der Waals surface area (Å²) in [4.78, 5) is 10.5. The Morgan fingerprint density at radius 3 is 2.47 bits per heavy atom. The van der Waals surface area contributed by atoms with E-state index >= 15 is 0 Å². The van der Waals surface area contributed by atoms with Crippen molar-refractivity contribution in [3.8, 4) is 6.07 Å². The number of hydrogen-bond acceptors (Lipinski definition) is 2. The average molecular weight is 308 g/mol. The minimum atomic E-state index is -4.65. The van der Waals surface area contributed by atoms with Gasteiger partial charge in [0.25, 0.3) is 0 Å². The highest BCUT2D eigenvalue weighted by molar-refractivity contribution is 9.10. The van der Waals surface area contributed by atoms with Crippen LogP contribution in [0.25, 0.3) is 0 Å². The van der Waals surface area contributed by atoms with Gasteiger partial charge in [-0.15, -0.1) is 0 Å². The van der Waals surface area contributed by atoms with Crippen LogP contribution in [-0.4, -0.2) is 11.1 Å². The predicted molar refractivity (Wildman–Crippen MR) is 55.2 cm³/mol. The van der Waals surface area contributed by atoms with Gasteiger partial charge in [-0.05, 0) is 33.6 Å². The van der Waals surface area contributed by atoms with Crippen molar-refractivity contribution in [1.29, 1.82) is 5.26 Å². The van der Waals surface area contributed by atoms with Crippen molar-refractivity contribution in [2.45, 2.75) is 12.6 Å². The molecule has 0 aromatic heterocycles. The molecular weight excluding hydrogens is 303 g/mol. The first-order valence-electron chi connectivity index (χ1n) is 4.28. The number of benzene rings is 1. The van der Waals surface area contributed by atoms with Gasteiger partial charge < -0.3 is 5.11 Å². The number of carboxylic acids is 1. The van der Waals surface area contributed by atoms with E-state index in [1.165, 1.54) is 0 Å². The molecule has 0 fully saturated rings. The zero-order valence-electron chi connectivity index (χ0n) is 8.18. The van der Waals surface area contributed by atoms with E-state index in [0.717, 1.165) is 6.07 Å². The molecule has 7 heteroatoms. The van der Waals surface area contributed by atoms with E-state index in [9.17, 15) is 18.0 Å². The Morgan fingerprint density at radius 2 is 2.06 bits per heavy atom. The molecule has 1 aromatic carbocycles. The standard InChI is InChI=1S/C10H5BrF3NO2/c11-9-5(4-15)1-2-7(10(12,13)14)6(9)3-8(16)17/h1-2H,3H2,(H,16,17). The molecule has 0 aliphatic carbocycles. The SMILES string of the molecule is N#Cc1ccc(C(F)(F)F)c(CC(=O)O)c1Br. The monoisotopic (exact) mass is 307 g/mol. The van der Waals surface area contributed by atoms with Gasteiger partial charge in [0.1, 0.15) is 6.07 Å². The molecule has 0 aliphatic rings. The van der Waals surface area contributed by atoms with Crippen LogP contribution in [-0.2, 0) is 17.4 Å². The van der Waals surface area contributed by atoms with Crippen molar-refractivity contribution in [2.24, 2.45) is 0 Å². The number of hydrogen-bond donors (Lipinski definition) is 1. The van der Waals surface area contributed by atoms with Crippen LogP contribution in [0.5, 0.6) is 0 Å². The summed E-state index contributed by atoms with van der Waals surface area (Å²) in [5, 5.41) is 17.2. The summed E-state index contributed by atoms with van der Waals surface area (Å²) in [5.41, 5.74) is -1.52. The highest BCUT2D eigenvalue weighted by Crippen LogP contribution is 2.36. The van der Waals surface area contributed by atoms with Crippen LogP contribution in [0.1, 0.15) is 16.7 Å².